The monoisotopic (exact) mass is 735 g/mol. The van der Waals surface area contributed by atoms with Gasteiger partial charge in [-0.05, 0) is 74.2 Å². The van der Waals surface area contributed by atoms with Crippen molar-refractivity contribution in [2.24, 2.45) is 15.6 Å². The number of anilines is 1. The van der Waals surface area contributed by atoms with Crippen molar-refractivity contribution in [1.29, 1.82) is 0 Å². The number of rotatable bonds is 17. The molecule has 1 saturated heterocycles. The molecule has 45 heavy (non-hydrogen) atoms. The molecule has 1 fully saturated rings. The minimum Gasteiger partial charge on any atom is -0.481 e. The number of azo groups is 1. The molecule has 0 aliphatic carbocycles. The van der Waals surface area contributed by atoms with E-state index in [0.29, 0.717) is 56.8 Å². The molecule has 13 heteroatoms. The van der Waals surface area contributed by atoms with Gasteiger partial charge in [-0.15, -0.1) is 0 Å². The zero-order valence-electron chi connectivity index (χ0n) is 25.9. The minimum absolute atomic E-state index is 0.0873. The lowest BCUT2D eigenvalue weighted by atomic mass is 9.80. The molecule has 0 atom stereocenters. The molecule has 0 spiro atoms. The van der Waals surface area contributed by atoms with Gasteiger partial charge in [0.25, 0.3) is 5.91 Å². The first-order chi connectivity index (χ1) is 21.6. The van der Waals surface area contributed by atoms with E-state index in [1.54, 1.807) is 24.3 Å². The van der Waals surface area contributed by atoms with Crippen LogP contribution >= 0.6 is 23.0 Å². The van der Waals surface area contributed by atoms with E-state index in [9.17, 15) is 19.2 Å². The number of ether oxygens (including phenoxy) is 1. The first-order valence-electron chi connectivity index (χ1n) is 15.1. The molecule has 0 unspecified atom stereocenters. The van der Waals surface area contributed by atoms with Crippen LogP contribution in [0.1, 0.15) is 61.7 Å². The van der Waals surface area contributed by atoms with Gasteiger partial charge >= 0.3 is 11.9 Å². The number of amides is 2. The average Bonchev–Trinajstić information content (AvgIpc) is 3.04. The molecule has 2 amide bonds. The molecule has 2 N–H and O–H groups in total. The van der Waals surface area contributed by atoms with Gasteiger partial charge in [-0.25, -0.2) is 0 Å². The van der Waals surface area contributed by atoms with Gasteiger partial charge < -0.3 is 28.0 Å². The molecule has 0 aromatic heterocycles. The molecule has 1 heterocycles. The van der Waals surface area contributed by atoms with Crippen molar-refractivity contribution in [3.8, 4) is 0 Å². The van der Waals surface area contributed by atoms with Crippen LogP contribution in [0.15, 0.2) is 58.8 Å². The smallest absolute Gasteiger partial charge is 0.306 e. The van der Waals surface area contributed by atoms with Crippen LogP contribution in [0.5, 0.6) is 0 Å². The summed E-state index contributed by atoms with van der Waals surface area (Å²) in [6, 6.07) is 14.7. The number of nitrogens with zero attached hydrogens (tertiary/aromatic N) is 4. The van der Waals surface area contributed by atoms with E-state index < -0.39 is 17.4 Å². The van der Waals surface area contributed by atoms with Crippen molar-refractivity contribution < 1.29 is 32.1 Å². The van der Waals surface area contributed by atoms with Gasteiger partial charge in [-0.2, -0.15) is 10.2 Å². The molecule has 1 aliphatic rings. The summed E-state index contributed by atoms with van der Waals surface area (Å²) in [5.74, 6) is -1.66. The van der Waals surface area contributed by atoms with E-state index in [1.807, 2.05) is 71.2 Å². The van der Waals surface area contributed by atoms with E-state index in [-0.39, 0.29) is 31.3 Å². The number of carboxylic acid groups (broad SMARTS) is 1. The van der Waals surface area contributed by atoms with Gasteiger partial charge in [0.05, 0.1) is 37.4 Å². The van der Waals surface area contributed by atoms with E-state index in [2.05, 4.69) is 15.5 Å². The quantitative estimate of drug-likeness (QED) is 0.0891. The predicted molar refractivity (Wildman–Crippen MR) is 178 cm³/mol. The third-order valence-electron chi connectivity index (χ3n) is 7.75. The number of nitrogens with one attached hydrogen (secondary N) is 1. The Kier molecular flexibility index (Phi) is 14.7. The van der Waals surface area contributed by atoms with Crippen molar-refractivity contribution in [2.45, 2.75) is 51.4 Å². The zero-order valence-corrected chi connectivity index (χ0v) is 28.0. The minimum atomic E-state index is -1.04. The fraction of sp³-hybridized carbons (Fsp3) is 0.500. The highest BCUT2D eigenvalue weighted by molar-refractivity contribution is 14.1. The molecule has 0 radical (unpaired) electrons. The SMILES string of the molecule is CN(C)c1ccc(N=Nc2ccc(C(=O)NCCCCCC(=O)N3CCC(COI)(COC(=O)CCC(=O)O)CC3)cc2)cc1. The first kappa shape index (κ1) is 35.9. The van der Waals surface area contributed by atoms with E-state index in [4.69, 9.17) is 12.9 Å². The number of hydrogen-bond acceptors (Lipinski definition) is 9. The van der Waals surface area contributed by atoms with Gasteiger partial charge in [0, 0.05) is 56.8 Å². The highest BCUT2D eigenvalue weighted by Gasteiger charge is 2.37. The second kappa shape index (κ2) is 18.4. The van der Waals surface area contributed by atoms with Crippen LogP contribution in [0.25, 0.3) is 0 Å². The number of likely N-dealkylation sites (tertiary alicyclic amines) is 1. The standard InChI is InChI=1S/C32H42IN5O7/c1-37(2)27-13-11-26(12-14-27)36-35-25-9-7-24(8-10-25)31(43)34-19-5-3-4-6-28(39)38-20-17-32(18-21-38,23-45-33)22-44-30(42)16-15-29(40)41/h7-14H,3-6,15-23H2,1-2H3,(H,34,43)(H,40,41). The molecule has 2 aromatic rings. The highest BCUT2D eigenvalue weighted by atomic mass is 127. The molecule has 0 saturated carbocycles. The van der Waals surface area contributed by atoms with Crippen molar-refractivity contribution >= 4 is 63.8 Å². The van der Waals surface area contributed by atoms with Gasteiger partial charge in [0.15, 0.2) is 0 Å². The van der Waals surface area contributed by atoms with Crippen LogP contribution in [-0.2, 0) is 22.2 Å². The van der Waals surface area contributed by atoms with Crippen molar-refractivity contribution in [1.82, 2.24) is 10.2 Å². The van der Waals surface area contributed by atoms with Crippen LogP contribution in [0.3, 0.4) is 0 Å². The summed E-state index contributed by atoms with van der Waals surface area (Å²) in [6.07, 6.45) is 3.58. The summed E-state index contributed by atoms with van der Waals surface area (Å²) in [5.41, 5.74) is 2.64. The Bertz CT molecular complexity index is 1290. The van der Waals surface area contributed by atoms with Gasteiger partial charge in [0.1, 0.15) is 23.0 Å². The molecule has 2 aromatic carbocycles. The summed E-state index contributed by atoms with van der Waals surface area (Å²) in [5, 5.41) is 20.2. The highest BCUT2D eigenvalue weighted by Crippen LogP contribution is 2.33. The molecular formula is C32H42IN5O7. The van der Waals surface area contributed by atoms with Crippen LogP contribution in [-0.4, -0.2) is 80.7 Å². The molecule has 3 rings (SSSR count). The largest absolute Gasteiger partial charge is 0.481 e. The lowest BCUT2D eigenvalue weighted by Gasteiger charge is -2.40. The predicted octanol–water partition coefficient (Wildman–Crippen LogP) is 5.84. The van der Waals surface area contributed by atoms with Crippen LogP contribution < -0.4 is 10.2 Å². The third-order valence-corrected chi connectivity index (χ3v) is 8.06. The third kappa shape index (κ3) is 12.4. The number of hydrogen-bond donors (Lipinski definition) is 2. The lowest BCUT2D eigenvalue weighted by Crippen LogP contribution is -2.47. The summed E-state index contributed by atoms with van der Waals surface area (Å²) >= 11 is 1.81. The van der Waals surface area contributed by atoms with E-state index in [0.717, 1.165) is 30.6 Å². The molecule has 1 aliphatic heterocycles. The first-order valence-corrected chi connectivity index (χ1v) is 15.9. The van der Waals surface area contributed by atoms with Crippen LogP contribution in [0, 0.1) is 5.41 Å². The number of esters is 1. The number of unbranched alkanes of at least 4 members (excludes halogenated alkanes) is 2. The van der Waals surface area contributed by atoms with Gasteiger partial charge in [-0.3, -0.25) is 19.2 Å². The second-order valence-electron chi connectivity index (χ2n) is 11.4. The number of aliphatic carboxylic acids is 1. The lowest BCUT2D eigenvalue weighted by molar-refractivity contribution is -0.153. The number of carboxylic acids is 1. The summed E-state index contributed by atoms with van der Waals surface area (Å²) in [7, 11) is 3.96. The fourth-order valence-corrected chi connectivity index (χ4v) is 5.50. The number of carbonyl (C=O) groups is 4. The zero-order chi connectivity index (χ0) is 32.7. The van der Waals surface area contributed by atoms with Crippen LogP contribution in [0.4, 0.5) is 17.1 Å². The summed E-state index contributed by atoms with van der Waals surface area (Å²) in [4.78, 5) is 51.7. The summed E-state index contributed by atoms with van der Waals surface area (Å²) in [6.45, 7) is 2.14. The maximum Gasteiger partial charge on any atom is 0.306 e. The van der Waals surface area contributed by atoms with Crippen LogP contribution in [0.2, 0.25) is 0 Å². The molecule has 12 nitrogen and oxygen atoms in total. The van der Waals surface area contributed by atoms with Gasteiger partial charge in [-0.1, -0.05) is 6.42 Å². The van der Waals surface area contributed by atoms with E-state index in [1.165, 1.54) is 0 Å². The number of carbonyl (C=O) groups excluding carboxylic acids is 3. The summed E-state index contributed by atoms with van der Waals surface area (Å²) < 4.78 is 10.7. The van der Waals surface area contributed by atoms with Crippen molar-refractivity contribution in [2.75, 3.05) is 51.8 Å². The molecular weight excluding hydrogens is 693 g/mol. The Hall–Kier alpha value is -3.59. The number of halogens is 1. The Balaban J connectivity index is 1.31. The Morgan fingerprint density at radius 1 is 0.889 bits per heavy atom. The molecule has 0 bridgehead atoms. The maximum atomic E-state index is 12.8. The Labute approximate surface area is 278 Å². The topological polar surface area (TPSA) is 150 Å². The number of benzene rings is 2. The van der Waals surface area contributed by atoms with Crippen molar-refractivity contribution in [3.63, 3.8) is 0 Å². The average molecular weight is 736 g/mol. The Morgan fingerprint density at radius 3 is 2.09 bits per heavy atom. The fourth-order valence-electron chi connectivity index (χ4n) is 4.84. The number of piperidine rings is 1. The second-order valence-corrected chi connectivity index (χ2v) is 12.0. The molecule has 244 valence electrons. The normalized spacial score (nSPS) is 14.2. The van der Waals surface area contributed by atoms with Crippen molar-refractivity contribution in [3.05, 3.63) is 54.1 Å². The maximum absolute atomic E-state index is 12.8. The van der Waals surface area contributed by atoms with Gasteiger partial charge in [0.2, 0.25) is 5.91 Å². The Morgan fingerprint density at radius 2 is 1.51 bits per heavy atom. The van der Waals surface area contributed by atoms with E-state index >= 15 is 0 Å².